The molecule has 0 aromatic heterocycles. The zero-order chi connectivity index (χ0) is 43.5. The minimum absolute atomic E-state index is 0.00808. The van der Waals surface area contributed by atoms with Crippen LogP contribution >= 0.6 is 0 Å². The first-order valence-corrected chi connectivity index (χ1v) is 21.4. The van der Waals surface area contributed by atoms with Gasteiger partial charge < -0.3 is 49.6 Å². The van der Waals surface area contributed by atoms with E-state index in [0.717, 1.165) is 64.2 Å². The topological polar surface area (TPSA) is 227 Å². The van der Waals surface area contributed by atoms with E-state index in [4.69, 9.17) is 18.9 Å². The molecule has 14 heteroatoms. The molecule has 2 heterocycles. The highest BCUT2D eigenvalue weighted by Gasteiger charge is 2.64. The van der Waals surface area contributed by atoms with Gasteiger partial charge in [-0.15, -0.1) is 0 Å². The molecule has 0 amide bonds. The third-order valence-electron chi connectivity index (χ3n) is 12.4. The van der Waals surface area contributed by atoms with Gasteiger partial charge in [-0.05, 0) is 48.9 Å². The number of esters is 2. The molecule has 6 N–H and O–H groups in total. The van der Waals surface area contributed by atoms with E-state index in [1.54, 1.807) is 13.8 Å². The Balaban J connectivity index is 1.35. The van der Waals surface area contributed by atoms with Gasteiger partial charge in [-0.3, -0.25) is 9.59 Å². The molecular formula is C46H58O14. The second kappa shape index (κ2) is 18.3. The average Bonchev–Trinajstić information content (AvgIpc) is 3.21. The van der Waals surface area contributed by atoms with E-state index < -0.39 is 104 Å². The Kier molecular flexibility index (Phi) is 13.5. The van der Waals surface area contributed by atoms with Gasteiger partial charge in [0.2, 0.25) is 0 Å². The van der Waals surface area contributed by atoms with Gasteiger partial charge in [0.25, 0.3) is 11.2 Å². The van der Waals surface area contributed by atoms with Crippen molar-refractivity contribution in [1.29, 1.82) is 0 Å². The number of aliphatic hydroxyl groups is 4. The summed E-state index contributed by atoms with van der Waals surface area (Å²) in [6.07, 6.45) is 7.29. The summed E-state index contributed by atoms with van der Waals surface area (Å²) in [6.45, 7) is 7.33. The van der Waals surface area contributed by atoms with Crippen LogP contribution in [0.25, 0.3) is 22.6 Å². The van der Waals surface area contributed by atoms with Crippen molar-refractivity contribution in [1.82, 2.24) is 0 Å². The first kappa shape index (κ1) is 44.5. The zero-order valence-corrected chi connectivity index (χ0v) is 34.9. The fraction of sp³-hybridized carbons (Fsp3) is 0.565. The van der Waals surface area contributed by atoms with E-state index >= 15 is 0 Å². The molecule has 14 nitrogen and oxygen atoms in total. The number of Topliss-reactive ketones (excluding diaryl/α,β-unsaturated/α-hetero) is 2. The van der Waals surface area contributed by atoms with Crippen LogP contribution in [-0.2, 0) is 28.7 Å². The standard InChI is InChI=1S/C46H58O14/c1-5-7-9-11-13-15-21-57-43(55)45-35(29(47)23-25(3)41(45)53)39(51)33-31(59-45)19-17-27(37(33)49)28-18-20-32-34(38(28)50)40(52)36-30(48)24-26(4)42(54)46(36,60-32)44(56)58-22-16-14-12-10-8-6-2/h17-20,25-26,41-42,49-54H,5-16,21-24H2,1-4H3. The molecular weight excluding hydrogens is 776 g/mol. The molecule has 0 bridgehead atoms. The summed E-state index contributed by atoms with van der Waals surface area (Å²) in [5.41, 5.74) is -7.10. The number of rotatable bonds is 17. The van der Waals surface area contributed by atoms with Crippen LogP contribution in [-0.4, -0.2) is 90.8 Å². The molecule has 2 aliphatic carbocycles. The lowest BCUT2D eigenvalue weighted by molar-refractivity contribution is -0.176. The number of benzene rings is 2. The summed E-state index contributed by atoms with van der Waals surface area (Å²) in [5, 5.41) is 70.0. The highest BCUT2D eigenvalue weighted by molar-refractivity contribution is 6.14. The molecule has 2 aromatic carbocycles. The Hall–Kier alpha value is -5.08. The largest absolute Gasteiger partial charge is 0.506 e. The number of hydrogen-bond acceptors (Lipinski definition) is 14. The summed E-state index contributed by atoms with van der Waals surface area (Å²) in [5.74, 6) is -8.62. The maximum absolute atomic E-state index is 13.9. The van der Waals surface area contributed by atoms with E-state index in [-0.39, 0.29) is 48.7 Å². The van der Waals surface area contributed by atoms with Gasteiger partial charge in [0.05, 0.1) is 24.4 Å². The molecule has 0 spiro atoms. The summed E-state index contributed by atoms with van der Waals surface area (Å²) < 4.78 is 23.5. The summed E-state index contributed by atoms with van der Waals surface area (Å²) in [4.78, 5) is 55.0. The third-order valence-corrected chi connectivity index (χ3v) is 12.4. The molecule has 6 atom stereocenters. The molecule has 0 saturated heterocycles. The van der Waals surface area contributed by atoms with Crippen molar-refractivity contribution in [2.75, 3.05) is 13.2 Å². The highest BCUT2D eigenvalue weighted by atomic mass is 16.6. The zero-order valence-electron chi connectivity index (χ0n) is 34.9. The van der Waals surface area contributed by atoms with Crippen LogP contribution in [0.15, 0.2) is 35.4 Å². The first-order chi connectivity index (χ1) is 28.7. The van der Waals surface area contributed by atoms with Crippen molar-refractivity contribution >= 4 is 35.0 Å². The maximum atomic E-state index is 13.9. The van der Waals surface area contributed by atoms with Crippen LogP contribution in [0.2, 0.25) is 0 Å². The SMILES string of the molecule is CCCCCCCCOC(=O)C12Oc3ccc(-c4ccc5c(c4O)C(O)=C4C(=O)CC(C)C(O)C4(C(=O)OCCCCCCCC)O5)c(O)c3C(O)=C1C(=O)CC(C)C2O. The van der Waals surface area contributed by atoms with E-state index in [0.29, 0.717) is 12.8 Å². The van der Waals surface area contributed by atoms with E-state index in [1.807, 2.05) is 0 Å². The normalized spacial score (nSPS) is 25.7. The molecule has 2 aromatic rings. The van der Waals surface area contributed by atoms with Crippen LogP contribution in [0.4, 0.5) is 0 Å². The van der Waals surface area contributed by atoms with Crippen molar-refractivity contribution in [3.05, 3.63) is 46.5 Å². The highest BCUT2D eigenvalue weighted by Crippen LogP contribution is 2.56. The molecule has 0 radical (unpaired) electrons. The van der Waals surface area contributed by atoms with Gasteiger partial charge in [-0.1, -0.05) is 91.9 Å². The predicted octanol–water partition coefficient (Wildman–Crippen LogP) is 7.31. The van der Waals surface area contributed by atoms with Gasteiger partial charge in [0, 0.05) is 24.0 Å². The minimum atomic E-state index is -2.43. The number of fused-ring (bicyclic) bond motifs is 4. The molecule has 4 aliphatic rings. The molecule has 60 heavy (non-hydrogen) atoms. The molecule has 6 unspecified atom stereocenters. The van der Waals surface area contributed by atoms with Crippen molar-refractivity contribution in [3.8, 4) is 34.1 Å². The van der Waals surface area contributed by atoms with E-state index in [2.05, 4.69) is 13.8 Å². The number of carbonyl (C=O) groups excluding carboxylic acids is 4. The number of aromatic hydroxyl groups is 2. The number of aliphatic hydroxyl groups excluding tert-OH is 4. The second-order valence-electron chi connectivity index (χ2n) is 16.7. The van der Waals surface area contributed by atoms with E-state index in [1.165, 1.54) is 24.3 Å². The van der Waals surface area contributed by atoms with Crippen LogP contribution in [0.3, 0.4) is 0 Å². The third kappa shape index (κ3) is 7.61. The maximum Gasteiger partial charge on any atom is 0.358 e. The van der Waals surface area contributed by atoms with Gasteiger partial charge in [-0.2, -0.15) is 0 Å². The Bertz CT molecular complexity index is 1920. The Morgan fingerprint density at radius 3 is 1.32 bits per heavy atom. The number of hydrogen-bond donors (Lipinski definition) is 6. The van der Waals surface area contributed by atoms with Gasteiger partial charge in [-0.25, -0.2) is 9.59 Å². The fourth-order valence-corrected chi connectivity index (χ4v) is 9.00. The lowest BCUT2D eigenvalue weighted by Crippen LogP contribution is -2.64. The van der Waals surface area contributed by atoms with Crippen LogP contribution < -0.4 is 9.47 Å². The molecule has 2 fully saturated rings. The molecule has 2 saturated carbocycles. The predicted molar refractivity (Wildman–Crippen MR) is 219 cm³/mol. The second-order valence-corrected chi connectivity index (χ2v) is 16.7. The number of ether oxygens (including phenoxy) is 4. The molecule has 326 valence electrons. The van der Waals surface area contributed by atoms with Crippen LogP contribution in [0.5, 0.6) is 23.0 Å². The monoisotopic (exact) mass is 834 g/mol. The Labute approximate surface area is 349 Å². The van der Waals surface area contributed by atoms with Gasteiger partial charge >= 0.3 is 11.9 Å². The van der Waals surface area contributed by atoms with Gasteiger partial charge in [0.1, 0.15) is 57.9 Å². The minimum Gasteiger partial charge on any atom is -0.506 e. The summed E-state index contributed by atoms with van der Waals surface area (Å²) >= 11 is 0. The quantitative estimate of drug-likeness (QED) is 0.0679. The van der Waals surface area contributed by atoms with Crippen LogP contribution in [0, 0.1) is 11.8 Å². The number of unbranched alkanes of at least 4 members (excludes halogenated alkanes) is 10. The molecule has 2 aliphatic heterocycles. The number of phenols is 2. The average molecular weight is 835 g/mol. The Morgan fingerprint density at radius 2 is 0.950 bits per heavy atom. The smallest absolute Gasteiger partial charge is 0.358 e. The summed E-state index contributed by atoms with van der Waals surface area (Å²) in [7, 11) is 0. The number of phenolic OH excluding ortho intramolecular Hbond substituents is 2. The van der Waals surface area contributed by atoms with Crippen molar-refractivity contribution in [2.24, 2.45) is 11.8 Å². The van der Waals surface area contributed by atoms with Crippen LogP contribution in [0.1, 0.15) is 129 Å². The van der Waals surface area contributed by atoms with Crippen molar-refractivity contribution in [3.63, 3.8) is 0 Å². The lowest BCUT2D eigenvalue weighted by atomic mass is 9.69. The lowest BCUT2D eigenvalue weighted by Gasteiger charge is -2.45. The number of ketones is 2. The van der Waals surface area contributed by atoms with E-state index in [9.17, 15) is 49.8 Å². The Morgan fingerprint density at radius 1 is 0.600 bits per heavy atom. The molecule has 6 rings (SSSR count). The number of carbonyl (C=O) groups is 4. The first-order valence-electron chi connectivity index (χ1n) is 21.4. The summed E-state index contributed by atoms with van der Waals surface area (Å²) in [6, 6.07) is 5.13. The fourth-order valence-electron chi connectivity index (χ4n) is 9.00. The van der Waals surface area contributed by atoms with Gasteiger partial charge in [0.15, 0.2) is 11.6 Å². The van der Waals surface area contributed by atoms with Crippen molar-refractivity contribution in [2.45, 2.75) is 141 Å². The van der Waals surface area contributed by atoms with Crippen molar-refractivity contribution < 1.29 is 68.8 Å².